The van der Waals surface area contributed by atoms with Gasteiger partial charge in [0, 0.05) is 0 Å². The number of carbonyl (C=O) groups excluding carboxylic acids is 2. The van der Waals surface area contributed by atoms with Gasteiger partial charge in [-0.3, -0.25) is 4.79 Å². The molecule has 0 bridgehead atoms. The molecule has 0 heterocycles. The third kappa shape index (κ3) is 4.11. The molecular weight excluding hydrogens is 306 g/mol. The van der Waals surface area contributed by atoms with E-state index >= 15 is 0 Å². The topological polar surface area (TPSA) is 103 Å². The van der Waals surface area contributed by atoms with Gasteiger partial charge >= 0.3 is 5.97 Å². The fraction of sp³-hybridized carbons (Fsp3) is 0.444. The largest absolute Gasteiger partial charge is 0.449 e. The zero-order valence-electron chi connectivity index (χ0n) is 13.5. The first-order chi connectivity index (χ1) is 11.5. The van der Waals surface area contributed by atoms with Gasteiger partial charge in [-0.25, -0.2) is 4.79 Å². The number of ether oxygens (including phenoxy) is 1. The van der Waals surface area contributed by atoms with Crippen LogP contribution in [0, 0.1) is 22.7 Å². The van der Waals surface area contributed by atoms with Gasteiger partial charge < -0.3 is 10.1 Å². The van der Waals surface area contributed by atoms with Crippen molar-refractivity contribution in [2.75, 3.05) is 0 Å². The minimum absolute atomic E-state index is 0.265. The SMILES string of the molecule is C[C@H](OC(=O)c1ccc(C#N)cc1)C(=O)NC1(C#N)CCCCC1. The summed E-state index contributed by atoms with van der Waals surface area (Å²) in [5, 5.41) is 20.9. The number of hydrogen-bond acceptors (Lipinski definition) is 5. The molecule has 1 aliphatic rings. The maximum Gasteiger partial charge on any atom is 0.338 e. The van der Waals surface area contributed by atoms with Gasteiger partial charge in [-0.15, -0.1) is 0 Å². The van der Waals surface area contributed by atoms with Crippen LogP contribution in [-0.4, -0.2) is 23.5 Å². The Kier molecular flexibility index (Phi) is 5.55. The van der Waals surface area contributed by atoms with E-state index in [2.05, 4.69) is 11.4 Å². The van der Waals surface area contributed by atoms with E-state index in [1.54, 1.807) is 0 Å². The summed E-state index contributed by atoms with van der Waals surface area (Å²) in [6.07, 6.45) is 3.08. The van der Waals surface area contributed by atoms with Crippen LogP contribution < -0.4 is 5.32 Å². The highest BCUT2D eigenvalue weighted by atomic mass is 16.5. The van der Waals surface area contributed by atoms with Crippen LogP contribution in [0.3, 0.4) is 0 Å². The molecule has 0 aromatic heterocycles. The van der Waals surface area contributed by atoms with Crippen LogP contribution in [0.5, 0.6) is 0 Å². The van der Waals surface area contributed by atoms with E-state index in [9.17, 15) is 14.9 Å². The van der Waals surface area contributed by atoms with Crippen molar-refractivity contribution in [2.24, 2.45) is 0 Å². The summed E-state index contributed by atoms with van der Waals surface area (Å²) >= 11 is 0. The van der Waals surface area contributed by atoms with E-state index in [1.165, 1.54) is 31.2 Å². The Balaban J connectivity index is 1.96. The van der Waals surface area contributed by atoms with Crippen LogP contribution in [0.1, 0.15) is 54.9 Å². The number of rotatable bonds is 4. The Morgan fingerprint density at radius 2 is 1.79 bits per heavy atom. The number of esters is 1. The molecule has 1 N–H and O–H groups in total. The van der Waals surface area contributed by atoms with Crippen LogP contribution in [0.25, 0.3) is 0 Å². The first-order valence-electron chi connectivity index (χ1n) is 7.94. The predicted molar refractivity (Wildman–Crippen MR) is 85.6 cm³/mol. The third-order valence-corrected chi connectivity index (χ3v) is 4.19. The average molecular weight is 325 g/mol. The molecule has 1 fully saturated rings. The molecule has 0 saturated heterocycles. The van der Waals surface area contributed by atoms with E-state index in [0.29, 0.717) is 18.4 Å². The molecule has 24 heavy (non-hydrogen) atoms. The van der Waals surface area contributed by atoms with Crippen molar-refractivity contribution in [3.05, 3.63) is 35.4 Å². The molecule has 1 amide bonds. The second kappa shape index (κ2) is 7.61. The quantitative estimate of drug-likeness (QED) is 0.856. The Bertz CT molecular complexity index is 692. The normalized spacial score (nSPS) is 17.0. The first kappa shape index (κ1) is 17.5. The standard InChI is InChI=1S/C18H19N3O3/c1-13(16(22)21-18(12-20)9-3-2-4-10-18)24-17(23)15-7-5-14(11-19)6-8-15/h5-8,13H,2-4,9-10H2,1H3,(H,21,22)/t13-/m0/s1. The molecule has 1 saturated carbocycles. The molecule has 1 aliphatic carbocycles. The Morgan fingerprint density at radius 1 is 1.17 bits per heavy atom. The average Bonchev–Trinajstić information content (AvgIpc) is 2.62. The lowest BCUT2D eigenvalue weighted by molar-refractivity contribution is -0.130. The number of carbonyl (C=O) groups is 2. The predicted octanol–water partition coefficient (Wildman–Crippen LogP) is 2.45. The van der Waals surface area contributed by atoms with Crippen LogP contribution in [0.4, 0.5) is 0 Å². The van der Waals surface area contributed by atoms with Gasteiger partial charge in [0.2, 0.25) is 0 Å². The number of amides is 1. The summed E-state index contributed by atoms with van der Waals surface area (Å²) in [4.78, 5) is 24.3. The summed E-state index contributed by atoms with van der Waals surface area (Å²) in [6.45, 7) is 1.48. The van der Waals surface area contributed by atoms with Crippen molar-refractivity contribution < 1.29 is 14.3 Å². The van der Waals surface area contributed by atoms with Crippen LogP contribution in [-0.2, 0) is 9.53 Å². The van der Waals surface area contributed by atoms with Crippen molar-refractivity contribution in [3.63, 3.8) is 0 Å². The maximum atomic E-state index is 12.3. The van der Waals surface area contributed by atoms with Gasteiger partial charge in [-0.1, -0.05) is 19.3 Å². The van der Waals surface area contributed by atoms with Crippen molar-refractivity contribution in [3.8, 4) is 12.1 Å². The lowest BCUT2D eigenvalue weighted by Crippen LogP contribution is -2.52. The Hall–Kier alpha value is -2.86. The van der Waals surface area contributed by atoms with Gasteiger partial charge in [0.1, 0.15) is 5.54 Å². The summed E-state index contributed by atoms with van der Waals surface area (Å²) in [5.41, 5.74) is -0.156. The van der Waals surface area contributed by atoms with Crippen molar-refractivity contribution in [1.82, 2.24) is 5.32 Å². The Morgan fingerprint density at radius 3 is 2.33 bits per heavy atom. The zero-order chi connectivity index (χ0) is 17.6. The van der Waals surface area contributed by atoms with E-state index in [1.807, 2.05) is 6.07 Å². The summed E-state index contributed by atoms with van der Waals surface area (Å²) < 4.78 is 5.16. The van der Waals surface area contributed by atoms with Gasteiger partial charge in [-0.05, 0) is 44.0 Å². The molecule has 0 aliphatic heterocycles. The number of benzene rings is 1. The zero-order valence-corrected chi connectivity index (χ0v) is 13.5. The van der Waals surface area contributed by atoms with Gasteiger partial charge in [-0.2, -0.15) is 10.5 Å². The van der Waals surface area contributed by atoms with Crippen LogP contribution >= 0.6 is 0 Å². The monoisotopic (exact) mass is 325 g/mol. The molecular formula is C18H19N3O3. The lowest BCUT2D eigenvalue weighted by atomic mass is 9.83. The second-order valence-corrected chi connectivity index (χ2v) is 5.98. The summed E-state index contributed by atoms with van der Waals surface area (Å²) in [6, 6.07) is 10.1. The van der Waals surface area contributed by atoms with Gasteiger partial charge in [0.25, 0.3) is 5.91 Å². The molecule has 124 valence electrons. The minimum atomic E-state index is -1.000. The number of nitrogens with zero attached hydrogens (tertiary/aromatic N) is 2. The second-order valence-electron chi connectivity index (χ2n) is 5.98. The minimum Gasteiger partial charge on any atom is -0.449 e. The summed E-state index contributed by atoms with van der Waals surface area (Å²) in [5.74, 6) is -1.11. The highest BCUT2D eigenvalue weighted by molar-refractivity contribution is 5.92. The van der Waals surface area contributed by atoms with Gasteiger partial charge in [0.15, 0.2) is 6.10 Å². The number of nitriles is 2. The van der Waals surface area contributed by atoms with E-state index in [4.69, 9.17) is 10.00 Å². The van der Waals surface area contributed by atoms with Crippen molar-refractivity contribution >= 4 is 11.9 Å². The number of hydrogen-bond donors (Lipinski definition) is 1. The molecule has 6 nitrogen and oxygen atoms in total. The highest BCUT2D eigenvalue weighted by Gasteiger charge is 2.35. The molecule has 1 atom stereocenters. The molecule has 1 aromatic rings. The maximum absolute atomic E-state index is 12.3. The van der Waals surface area contributed by atoms with Crippen LogP contribution in [0.15, 0.2) is 24.3 Å². The van der Waals surface area contributed by atoms with E-state index in [0.717, 1.165) is 19.3 Å². The van der Waals surface area contributed by atoms with Crippen LogP contribution in [0.2, 0.25) is 0 Å². The smallest absolute Gasteiger partial charge is 0.338 e. The summed E-state index contributed by atoms with van der Waals surface area (Å²) in [7, 11) is 0. The molecule has 0 radical (unpaired) electrons. The fourth-order valence-electron chi connectivity index (χ4n) is 2.72. The molecule has 0 spiro atoms. The van der Waals surface area contributed by atoms with Crippen molar-refractivity contribution in [2.45, 2.75) is 50.7 Å². The molecule has 6 heteroatoms. The van der Waals surface area contributed by atoms with E-state index in [-0.39, 0.29) is 5.56 Å². The molecule has 1 aromatic carbocycles. The molecule has 2 rings (SSSR count). The fourth-order valence-corrected chi connectivity index (χ4v) is 2.72. The van der Waals surface area contributed by atoms with Gasteiger partial charge in [0.05, 0.1) is 23.3 Å². The molecule has 0 unspecified atom stereocenters. The van der Waals surface area contributed by atoms with Crippen molar-refractivity contribution in [1.29, 1.82) is 10.5 Å². The highest BCUT2D eigenvalue weighted by Crippen LogP contribution is 2.27. The van der Waals surface area contributed by atoms with E-state index < -0.39 is 23.5 Å². The first-order valence-corrected chi connectivity index (χ1v) is 7.94. The lowest BCUT2D eigenvalue weighted by Gasteiger charge is -2.32. The number of nitrogens with one attached hydrogen (secondary N) is 1. The Labute approximate surface area is 141 Å². The third-order valence-electron chi connectivity index (χ3n) is 4.19.